The van der Waals surface area contributed by atoms with Crippen LogP contribution in [0.1, 0.15) is 128 Å². The first kappa shape index (κ1) is 36.6. The molecule has 0 radical (unpaired) electrons. The average molecular weight is 641 g/mol. The monoisotopic (exact) mass is 640 g/mol. The molecule has 4 N–H and O–H groups in total. The highest BCUT2D eigenvalue weighted by molar-refractivity contribution is 5.63. The lowest BCUT2D eigenvalue weighted by molar-refractivity contribution is 0.0687. The van der Waals surface area contributed by atoms with Gasteiger partial charge in [0.25, 0.3) is 0 Å². The molecule has 6 nitrogen and oxygen atoms in total. The number of hydrogen-bond acceptors (Lipinski definition) is 6. The molecule has 5 atom stereocenters. The minimum atomic E-state index is -0.732. The second-order valence-corrected chi connectivity index (χ2v) is 14.3. The number of nitrogens with zero attached hydrogens (tertiary/aromatic N) is 2. The van der Waals surface area contributed by atoms with E-state index in [1.54, 1.807) is 6.07 Å². The maximum Gasteiger partial charge on any atom is 0.146 e. The number of hydrogen-bond donors (Lipinski definition) is 4. The first-order valence-electron chi connectivity index (χ1n) is 17.9. The lowest BCUT2D eigenvalue weighted by Gasteiger charge is -2.32. The molecule has 2 aliphatic rings. The third kappa shape index (κ3) is 9.88. The Morgan fingerprint density at radius 3 is 2.11 bits per heavy atom. The summed E-state index contributed by atoms with van der Waals surface area (Å²) in [6.45, 7) is 10.8. The van der Waals surface area contributed by atoms with Crippen LogP contribution in [0.4, 0.5) is 8.78 Å². The number of pyridine rings is 2. The van der Waals surface area contributed by atoms with Gasteiger partial charge in [-0.15, -0.1) is 0 Å². The molecule has 3 unspecified atom stereocenters. The number of allylic oxidation sites excluding steroid dienone is 2. The number of aliphatic hydroxyl groups is 2. The molecule has 46 heavy (non-hydrogen) atoms. The van der Waals surface area contributed by atoms with E-state index in [0.29, 0.717) is 29.6 Å². The van der Waals surface area contributed by atoms with Crippen LogP contribution in [0.3, 0.4) is 0 Å². The third-order valence-corrected chi connectivity index (χ3v) is 10.8. The highest BCUT2D eigenvalue weighted by atomic mass is 19.1. The minimum Gasteiger partial charge on any atom is -0.395 e. The first-order chi connectivity index (χ1) is 22.1. The normalized spacial score (nSPS) is 23.2. The van der Waals surface area contributed by atoms with Crippen LogP contribution >= 0.6 is 0 Å². The topological polar surface area (TPSA) is 90.3 Å². The van der Waals surface area contributed by atoms with E-state index in [1.165, 1.54) is 43.4 Å². The van der Waals surface area contributed by atoms with E-state index in [1.807, 2.05) is 26.8 Å². The molecule has 2 aliphatic carbocycles. The molecule has 0 saturated heterocycles. The Balaban J connectivity index is 1.33. The Morgan fingerprint density at radius 1 is 0.848 bits per heavy atom. The second-order valence-electron chi connectivity index (χ2n) is 14.3. The summed E-state index contributed by atoms with van der Waals surface area (Å²) in [5, 5.41) is 28.2. The van der Waals surface area contributed by atoms with Crippen LogP contribution in [0.2, 0.25) is 0 Å². The van der Waals surface area contributed by atoms with Gasteiger partial charge in [0, 0.05) is 36.8 Å². The molecule has 8 heteroatoms. The summed E-state index contributed by atoms with van der Waals surface area (Å²) in [4.78, 5) is 9.39. The average Bonchev–Trinajstić information content (AvgIpc) is 3.06. The summed E-state index contributed by atoms with van der Waals surface area (Å²) in [5.74, 6) is 1.15. The van der Waals surface area contributed by atoms with Gasteiger partial charge in [-0.2, -0.15) is 0 Å². The SMILES string of the molecule is CCC1CC=C(c2ccc(F)c(CN[C@@H](CO)C(C)CC(O)[C@H](NCc3nc(C4CCC(CC)CC4)ccc3F)C(C)C)n2)CC1. The summed E-state index contributed by atoms with van der Waals surface area (Å²) in [6.07, 6.45) is 12.0. The van der Waals surface area contributed by atoms with Crippen molar-refractivity contribution in [2.24, 2.45) is 23.7 Å². The van der Waals surface area contributed by atoms with E-state index in [4.69, 9.17) is 4.98 Å². The van der Waals surface area contributed by atoms with E-state index in [-0.39, 0.29) is 55.3 Å². The molecular formula is C38H58F2N4O2. The summed E-state index contributed by atoms with van der Waals surface area (Å²) < 4.78 is 29.6. The van der Waals surface area contributed by atoms with E-state index in [0.717, 1.165) is 49.4 Å². The van der Waals surface area contributed by atoms with Crippen molar-refractivity contribution in [1.82, 2.24) is 20.6 Å². The summed E-state index contributed by atoms with van der Waals surface area (Å²) in [7, 11) is 0. The Labute approximate surface area is 275 Å². The van der Waals surface area contributed by atoms with Crippen molar-refractivity contribution in [3.63, 3.8) is 0 Å². The maximum absolute atomic E-state index is 14.8. The van der Waals surface area contributed by atoms with Crippen molar-refractivity contribution >= 4 is 5.57 Å². The van der Waals surface area contributed by atoms with E-state index in [9.17, 15) is 19.0 Å². The van der Waals surface area contributed by atoms with Crippen LogP contribution in [0.5, 0.6) is 0 Å². The van der Waals surface area contributed by atoms with Crippen LogP contribution in [-0.4, -0.2) is 45.0 Å². The van der Waals surface area contributed by atoms with Gasteiger partial charge < -0.3 is 20.8 Å². The summed E-state index contributed by atoms with van der Waals surface area (Å²) in [6, 6.07) is 5.96. The van der Waals surface area contributed by atoms with Gasteiger partial charge in [0.05, 0.1) is 29.8 Å². The largest absolute Gasteiger partial charge is 0.395 e. The number of aliphatic hydroxyl groups excluding tert-OH is 2. The molecular weight excluding hydrogens is 582 g/mol. The van der Waals surface area contributed by atoms with E-state index >= 15 is 0 Å². The third-order valence-electron chi connectivity index (χ3n) is 10.8. The summed E-state index contributed by atoms with van der Waals surface area (Å²) in [5.41, 5.74) is 3.69. The zero-order valence-electron chi connectivity index (χ0n) is 28.7. The fourth-order valence-electron chi connectivity index (χ4n) is 7.39. The standard InChI is InChI=1S/C38H58F2N4O2/c1-6-26-8-12-28(13-9-26)32-18-16-30(39)34(43-32)21-41-36(23-45)25(5)20-37(46)38(24(3)4)42-22-35-31(40)17-19-33(44-35)29-14-10-27(7-2)11-15-29/h12,16-19,24-27,29,36-38,41-42,45-46H,6-11,13-15,20-23H2,1-5H3/t25?,26?,27?,29?,36-,37?,38+/m0/s1. The van der Waals surface area contributed by atoms with Crippen molar-refractivity contribution in [2.45, 2.75) is 136 Å². The smallest absolute Gasteiger partial charge is 0.146 e. The number of halogens is 2. The van der Waals surface area contributed by atoms with Gasteiger partial charge in [-0.1, -0.05) is 53.5 Å². The Kier molecular flexibility index (Phi) is 14.1. The van der Waals surface area contributed by atoms with Crippen LogP contribution in [0, 0.1) is 35.3 Å². The quantitative estimate of drug-likeness (QED) is 0.151. The van der Waals surface area contributed by atoms with Crippen LogP contribution in [-0.2, 0) is 13.1 Å². The Morgan fingerprint density at radius 2 is 1.50 bits per heavy atom. The van der Waals surface area contributed by atoms with Crippen molar-refractivity contribution in [3.05, 3.63) is 64.8 Å². The molecule has 0 spiro atoms. The van der Waals surface area contributed by atoms with Crippen molar-refractivity contribution in [1.29, 1.82) is 0 Å². The lowest BCUT2D eigenvalue weighted by Crippen LogP contribution is -2.47. The minimum absolute atomic E-state index is 0.0843. The van der Waals surface area contributed by atoms with Gasteiger partial charge in [-0.3, -0.25) is 4.98 Å². The van der Waals surface area contributed by atoms with Gasteiger partial charge in [0.1, 0.15) is 11.6 Å². The predicted molar refractivity (Wildman–Crippen MR) is 182 cm³/mol. The van der Waals surface area contributed by atoms with Crippen LogP contribution in [0.15, 0.2) is 30.3 Å². The number of nitrogens with one attached hydrogen (secondary N) is 2. The fourth-order valence-corrected chi connectivity index (χ4v) is 7.39. The molecule has 2 aromatic rings. The maximum atomic E-state index is 14.8. The molecule has 1 saturated carbocycles. The molecule has 0 aromatic carbocycles. The van der Waals surface area contributed by atoms with E-state index < -0.39 is 6.10 Å². The molecule has 1 fully saturated rings. The van der Waals surface area contributed by atoms with Gasteiger partial charge in [-0.25, -0.2) is 13.8 Å². The Hall–Kier alpha value is -2.26. The van der Waals surface area contributed by atoms with E-state index in [2.05, 4.69) is 35.5 Å². The fraction of sp³-hybridized carbons (Fsp3) is 0.684. The van der Waals surface area contributed by atoms with Gasteiger partial charge >= 0.3 is 0 Å². The zero-order chi connectivity index (χ0) is 33.2. The highest BCUT2D eigenvalue weighted by Crippen LogP contribution is 2.36. The molecule has 0 amide bonds. The predicted octanol–water partition coefficient (Wildman–Crippen LogP) is 7.68. The zero-order valence-corrected chi connectivity index (χ0v) is 28.7. The molecule has 4 rings (SSSR count). The van der Waals surface area contributed by atoms with Crippen molar-refractivity contribution in [2.75, 3.05) is 6.61 Å². The van der Waals surface area contributed by atoms with Crippen molar-refractivity contribution < 1.29 is 19.0 Å². The number of aromatic nitrogens is 2. The highest BCUT2D eigenvalue weighted by Gasteiger charge is 2.28. The molecule has 0 aliphatic heterocycles. The van der Waals surface area contributed by atoms with Crippen LogP contribution < -0.4 is 10.6 Å². The Bertz CT molecular complexity index is 1260. The first-order valence-corrected chi connectivity index (χ1v) is 17.9. The summed E-state index contributed by atoms with van der Waals surface area (Å²) >= 11 is 0. The van der Waals surface area contributed by atoms with Crippen molar-refractivity contribution in [3.8, 4) is 0 Å². The molecule has 2 heterocycles. The second kappa shape index (κ2) is 17.8. The molecule has 256 valence electrons. The van der Waals surface area contributed by atoms with Gasteiger partial charge in [0.2, 0.25) is 0 Å². The molecule has 0 bridgehead atoms. The lowest BCUT2D eigenvalue weighted by atomic mass is 9.79. The van der Waals surface area contributed by atoms with Gasteiger partial charge in [-0.05, 0) is 105 Å². The molecule has 2 aromatic heterocycles. The van der Waals surface area contributed by atoms with Crippen LogP contribution in [0.25, 0.3) is 5.57 Å². The number of rotatable bonds is 16. The van der Waals surface area contributed by atoms with Gasteiger partial charge in [0.15, 0.2) is 0 Å².